The summed E-state index contributed by atoms with van der Waals surface area (Å²) in [6, 6.07) is 13.3. The van der Waals surface area contributed by atoms with Crippen LogP contribution in [-0.2, 0) is 0 Å². The molecule has 0 bridgehead atoms. The second-order valence-electron chi connectivity index (χ2n) is 5.84. The van der Waals surface area contributed by atoms with Gasteiger partial charge in [0.1, 0.15) is 11.5 Å². The van der Waals surface area contributed by atoms with E-state index in [1.165, 1.54) is 18.2 Å². The number of rotatable bonds is 8. The molecule has 2 aromatic rings. The molecule has 0 aromatic heterocycles. The summed E-state index contributed by atoms with van der Waals surface area (Å²) in [6.07, 6.45) is 0. The SMILES string of the molecule is COc1cccc([C@H](CNC(=O)c2ccccc2OC(F)F)N(C)C)c1. The van der Waals surface area contributed by atoms with Crippen LogP contribution in [0.15, 0.2) is 48.5 Å². The normalized spacial score (nSPS) is 12.1. The zero-order chi connectivity index (χ0) is 19.1. The summed E-state index contributed by atoms with van der Waals surface area (Å²) < 4.78 is 34.7. The second kappa shape index (κ2) is 9.15. The van der Waals surface area contributed by atoms with E-state index in [-0.39, 0.29) is 17.4 Å². The zero-order valence-corrected chi connectivity index (χ0v) is 14.9. The van der Waals surface area contributed by atoms with Crippen molar-refractivity contribution < 1.29 is 23.0 Å². The minimum Gasteiger partial charge on any atom is -0.497 e. The van der Waals surface area contributed by atoms with Crippen molar-refractivity contribution in [2.75, 3.05) is 27.7 Å². The number of halogens is 2. The number of nitrogens with zero attached hydrogens (tertiary/aromatic N) is 1. The number of ether oxygens (including phenoxy) is 2. The molecule has 7 heteroatoms. The number of para-hydroxylation sites is 1. The summed E-state index contributed by atoms with van der Waals surface area (Å²) in [5.74, 6) is 0.0927. The summed E-state index contributed by atoms with van der Waals surface area (Å²) >= 11 is 0. The van der Waals surface area contributed by atoms with Crippen LogP contribution >= 0.6 is 0 Å². The van der Waals surface area contributed by atoms with Gasteiger partial charge in [-0.3, -0.25) is 4.79 Å². The first-order chi connectivity index (χ1) is 12.4. The molecule has 0 heterocycles. The molecule has 140 valence electrons. The largest absolute Gasteiger partial charge is 0.497 e. The summed E-state index contributed by atoms with van der Waals surface area (Å²) in [5.41, 5.74) is 1.03. The Morgan fingerprint density at radius 3 is 2.54 bits per heavy atom. The fourth-order valence-corrected chi connectivity index (χ4v) is 2.58. The third-order valence-electron chi connectivity index (χ3n) is 3.91. The average molecular weight is 364 g/mol. The van der Waals surface area contributed by atoms with E-state index in [0.717, 1.165) is 11.3 Å². The first kappa shape index (κ1) is 19.7. The maximum absolute atomic E-state index is 12.5. The predicted molar refractivity (Wildman–Crippen MR) is 94.8 cm³/mol. The Labute approximate surface area is 151 Å². The Morgan fingerprint density at radius 2 is 1.88 bits per heavy atom. The molecule has 1 amide bonds. The first-order valence-corrected chi connectivity index (χ1v) is 8.04. The molecule has 0 fully saturated rings. The number of amides is 1. The van der Waals surface area contributed by atoms with E-state index in [1.54, 1.807) is 13.2 Å². The highest BCUT2D eigenvalue weighted by atomic mass is 19.3. The zero-order valence-electron chi connectivity index (χ0n) is 14.9. The number of carbonyl (C=O) groups excluding carboxylic acids is 1. The van der Waals surface area contributed by atoms with E-state index in [4.69, 9.17) is 4.74 Å². The maximum atomic E-state index is 12.5. The van der Waals surface area contributed by atoms with Crippen molar-refractivity contribution in [2.45, 2.75) is 12.7 Å². The molecule has 0 saturated carbocycles. The molecule has 0 radical (unpaired) electrons. The Balaban J connectivity index is 2.13. The molecular formula is C19H22F2N2O3. The lowest BCUT2D eigenvalue weighted by atomic mass is 10.1. The van der Waals surface area contributed by atoms with E-state index in [1.807, 2.05) is 43.3 Å². The Hall–Kier alpha value is -2.67. The summed E-state index contributed by atoms with van der Waals surface area (Å²) in [4.78, 5) is 14.4. The van der Waals surface area contributed by atoms with Crippen LogP contribution in [0.2, 0.25) is 0 Å². The van der Waals surface area contributed by atoms with E-state index in [2.05, 4.69) is 10.1 Å². The third-order valence-corrected chi connectivity index (χ3v) is 3.91. The quantitative estimate of drug-likeness (QED) is 0.781. The van der Waals surface area contributed by atoms with Crippen molar-refractivity contribution in [3.63, 3.8) is 0 Å². The fraction of sp³-hybridized carbons (Fsp3) is 0.316. The summed E-state index contributed by atoms with van der Waals surface area (Å²) in [7, 11) is 5.37. The van der Waals surface area contributed by atoms with Crippen molar-refractivity contribution in [3.05, 3.63) is 59.7 Å². The van der Waals surface area contributed by atoms with E-state index < -0.39 is 12.5 Å². The van der Waals surface area contributed by atoms with Gasteiger partial charge < -0.3 is 19.7 Å². The molecule has 1 atom stereocenters. The first-order valence-electron chi connectivity index (χ1n) is 8.04. The maximum Gasteiger partial charge on any atom is 0.387 e. The van der Waals surface area contributed by atoms with E-state index in [9.17, 15) is 13.6 Å². The van der Waals surface area contributed by atoms with Gasteiger partial charge in [-0.1, -0.05) is 24.3 Å². The number of methoxy groups -OCH3 is 1. The Bertz CT molecular complexity index is 738. The summed E-state index contributed by atoms with van der Waals surface area (Å²) in [6.45, 7) is -2.70. The monoisotopic (exact) mass is 364 g/mol. The number of carbonyl (C=O) groups is 1. The van der Waals surface area contributed by atoms with Gasteiger partial charge >= 0.3 is 6.61 Å². The van der Waals surface area contributed by atoms with E-state index >= 15 is 0 Å². The average Bonchev–Trinajstić information content (AvgIpc) is 2.61. The van der Waals surface area contributed by atoms with E-state index in [0.29, 0.717) is 6.54 Å². The molecule has 26 heavy (non-hydrogen) atoms. The molecular weight excluding hydrogens is 342 g/mol. The minimum atomic E-state index is -2.99. The van der Waals surface area contributed by atoms with Gasteiger partial charge in [0.15, 0.2) is 0 Å². The molecule has 1 N–H and O–H groups in total. The van der Waals surface area contributed by atoms with Crippen LogP contribution in [0.4, 0.5) is 8.78 Å². The third kappa shape index (κ3) is 5.16. The smallest absolute Gasteiger partial charge is 0.387 e. The van der Waals surface area contributed by atoms with Gasteiger partial charge in [-0.2, -0.15) is 8.78 Å². The number of alkyl halides is 2. The van der Waals surface area contributed by atoms with Crippen molar-refractivity contribution in [1.29, 1.82) is 0 Å². The number of likely N-dealkylation sites (N-methyl/N-ethyl adjacent to an activating group) is 1. The van der Waals surface area contributed by atoms with Crippen LogP contribution in [-0.4, -0.2) is 45.2 Å². The Morgan fingerprint density at radius 1 is 1.15 bits per heavy atom. The second-order valence-corrected chi connectivity index (χ2v) is 5.84. The van der Waals surface area contributed by atoms with Crippen LogP contribution in [0.25, 0.3) is 0 Å². The van der Waals surface area contributed by atoms with Crippen molar-refractivity contribution >= 4 is 5.91 Å². The predicted octanol–water partition coefficient (Wildman–Crippen LogP) is 3.33. The van der Waals surface area contributed by atoms with Gasteiger partial charge in [0.2, 0.25) is 0 Å². The van der Waals surface area contributed by atoms with Gasteiger partial charge in [-0.15, -0.1) is 0 Å². The van der Waals surface area contributed by atoms with Crippen LogP contribution in [0.3, 0.4) is 0 Å². The molecule has 0 aliphatic carbocycles. The molecule has 0 saturated heterocycles. The molecule has 2 aromatic carbocycles. The topological polar surface area (TPSA) is 50.8 Å². The standard InChI is InChI=1S/C19H22F2N2O3/c1-23(2)16(13-7-6-8-14(11-13)25-3)12-22-18(24)15-9-4-5-10-17(15)26-19(20)21/h4-11,16,19H,12H2,1-3H3,(H,22,24)/t16-/m0/s1. The molecule has 2 rings (SSSR count). The van der Waals surface area contributed by atoms with Crippen LogP contribution in [0.1, 0.15) is 22.0 Å². The van der Waals surface area contributed by atoms with Crippen molar-refractivity contribution in [3.8, 4) is 11.5 Å². The molecule has 0 aliphatic heterocycles. The number of benzene rings is 2. The number of hydrogen-bond donors (Lipinski definition) is 1. The molecule has 0 aliphatic rings. The van der Waals surface area contributed by atoms with Crippen molar-refractivity contribution in [1.82, 2.24) is 10.2 Å². The summed E-state index contributed by atoms with van der Waals surface area (Å²) in [5, 5.41) is 2.78. The molecule has 5 nitrogen and oxygen atoms in total. The van der Waals surface area contributed by atoms with Gasteiger partial charge in [-0.05, 0) is 43.9 Å². The minimum absolute atomic E-state index is 0.0657. The van der Waals surface area contributed by atoms with Crippen LogP contribution < -0.4 is 14.8 Å². The number of nitrogens with one attached hydrogen (secondary N) is 1. The highest BCUT2D eigenvalue weighted by molar-refractivity contribution is 5.96. The highest BCUT2D eigenvalue weighted by Gasteiger charge is 2.19. The van der Waals surface area contributed by atoms with Gasteiger partial charge in [0.25, 0.3) is 5.91 Å². The molecule has 0 unspecified atom stereocenters. The van der Waals surface area contributed by atoms with Crippen LogP contribution in [0.5, 0.6) is 11.5 Å². The molecule has 0 spiro atoms. The lowest BCUT2D eigenvalue weighted by molar-refractivity contribution is -0.0501. The Kier molecular flexibility index (Phi) is 6.91. The highest BCUT2D eigenvalue weighted by Crippen LogP contribution is 2.23. The lowest BCUT2D eigenvalue weighted by Gasteiger charge is -2.25. The lowest BCUT2D eigenvalue weighted by Crippen LogP contribution is -2.34. The van der Waals surface area contributed by atoms with Gasteiger partial charge in [-0.25, -0.2) is 0 Å². The van der Waals surface area contributed by atoms with Crippen LogP contribution in [0, 0.1) is 0 Å². The fourth-order valence-electron chi connectivity index (χ4n) is 2.58. The van der Waals surface area contributed by atoms with Crippen molar-refractivity contribution in [2.24, 2.45) is 0 Å². The van der Waals surface area contributed by atoms with Gasteiger partial charge in [0.05, 0.1) is 18.7 Å². The number of hydrogen-bond acceptors (Lipinski definition) is 4. The van der Waals surface area contributed by atoms with Gasteiger partial charge in [0, 0.05) is 6.54 Å².